The number of nitrogens with one attached hydrogen (secondary N) is 1. The van der Waals surface area contributed by atoms with Gasteiger partial charge in [-0.2, -0.15) is 0 Å². The molecule has 138 valence electrons. The molecule has 0 aliphatic carbocycles. The first kappa shape index (κ1) is 18.7. The van der Waals surface area contributed by atoms with Crippen LogP contribution in [0.1, 0.15) is 11.7 Å². The van der Waals surface area contributed by atoms with Crippen molar-refractivity contribution in [2.45, 2.75) is 11.0 Å². The number of hydrogen-bond donors (Lipinski definition) is 1. The summed E-state index contributed by atoms with van der Waals surface area (Å²) in [6.07, 6.45) is -0.541. The summed E-state index contributed by atoms with van der Waals surface area (Å²) in [4.78, 5) is 11.6. The molecule has 1 atom stereocenters. The Labute approximate surface area is 155 Å². The highest BCUT2D eigenvalue weighted by Crippen LogP contribution is 2.25. The van der Waals surface area contributed by atoms with Crippen molar-refractivity contribution in [3.05, 3.63) is 63.6 Å². The molecule has 0 bridgehead atoms. The lowest BCUT2D eigenvalue weighted by atomic mass is 10.1. The number of sulfonamides is 1. The fourth-order valence-electron chi connectivity index (χ4n) is 2.60. The van der Waals surface area contributed by atoms with E-state index in [1.807, 2.05) is 0 Å². The van der Waals surface area contributed by atoms with E-state index in [1.165, 1.54) is 36.9 Å². The van der Waals surface area contributed by atoms with Gasteiger partial charge in [0.1, 0.15) is 0 Å². The van der Waals surface area contributed by atoms with Gasteiger partial charge in [0.25, 0.3) is 0 Å². The van der Waals surface area contributed by atoms with Gasteiger partial charge in [-0.15, -0.1) is 0 Å². The molecule has 0 spiro atoms. The van der Waals surface area contributed by atoms with Gasteiger partial charge in [-0.05, 0) is 24.3 Å². The number of ether oxygens (including phenoxy) is 1. The molecule has 0 fully saturated rings. The lowest BCUT2D eigenvalue weighted by molar-refractivity contribution is 0.107. The Balaban J connectivity index is 1.85. The van der Waals surface area contributed by atoms with E-state index in [2.05, 4.69) is 4.72 Å². The molecule has 0 aliphatic rings. The van der Waals surface area contributed by atoms with Gasteiger partial charge < -0.3 is 9.15 Å². The molecule has 0 radical (unpaired) electrons. The predicted octanol–water partition coefficient (Wildman–Crippen LogP) is 2.45. The number of oxazole rings is 1. The van der Waals surface area contributed by atoms with E-state index in [0.717, 1.165) is 0 Å². The number of rotatable bonds is 6. The Morgan fingerprint density at radius 1 is 1.27 bits per heavy atom. The summed E-state index contributed by atoms with van der Waals surface area (Å²) in [5.74, 6) is -0.555. The number of aromatic nitrogens is 1. The van der Waals surface area contributed by atoms with Crippen molar-refractivity contribution in [1.29, 1.82) is 0 Å². The minimum atomic E-state index is -3.82. The van der Waals surface area contributed by atoms with Crippen LogP contribution in [0, 0.1) is 0 Å². The smallest absolute Gasteiger partial charge is 0.408 e. The molecule has 1 unspecified atom stereocenters. The first-order valence-electron chi connectivity index (χ1n) is 7.70. The standard InChI is InChI=1S/C17H17ClN2O5S/c1-20-14-9-11(7-8-15(14)25-17(20)21)26(22,23)19-10-16(24-2)12-5-3-4-6-13(12)18/h3-9,16,19H,10H2,1-2H3. The Morgan fingerprint density at radius 3 is 2.69 bits per heavy atom. The van der Waals surface area contributed by atoms with Crippen LogP contribution in [0.25, 0.3) is 11.1 Å². The van der Waals surface area contributed by atoms with Gasteiger partial charge in [0.05, 0.1) is 16.5 Å². The molecular weight excluding hydrogens is 380 g/mol. The number of aryl methyl sites for hydroxylation is 1. The summed E-state index contributed by atoms with van der Waals surface area (Å²) in [7, 11) is -0.823. The molecule has 0 saturated heterocycles. The molecule has 0 aliphatic heterocycles. The highest BCUT2D eigenvalue weighted by molar-refractivity contribution is 7.89. The maximum absolute atomic E-state index is 12.6. The molecule has 1 N–H and O–H groups in total. The maximum Gasteiger partial charge on any atom is 0.419 e. The molecule has 0 saturated carbocycles. The Bertz CT molecular complexity index is 1100. The van der Waals surface area contributed by atoms with Crippen molar-refractivity contribution in [2.24, 2.45) is 7.05 Å². The molecule has 1 heterocycles. The van der Waals surface area contributed by atoms with Crippen LogP contribution in [0.5, 0.6) is 0 Å². The van der Waals surface area contributed by atoms with Gasteiger partial charge in [0.15, 0.2) is 5.58 Å². The molecule has 2 aromatic carbocycles. The van der Waals surface area contributed by atoms with E-state index in [0.29, 0.717) is 21.7 Å². The summed E-state index contributed by atoms with van der Waals surface area (Å²) in [6.45, 7) is 0.00488. The Kier molecular flexibility index (Phi) is 5.19. The number of hydrogen-bond acceptors (Lipinski definition) is 5. The third kappa shape index (κ3) is 3.54. The second-order valence-corrected chi connectivity index (χ2v) is 7.83. The van der Waals surface area contributed by atoms with Crippen LogP contribution in [0.4, 0.5) is 0 Å². The summed E-state index contributed by atoms with van der Waals surface area (Å²) in [5.41, 5.74) is 1.40. The van der Waals surface area contributed by atoms with Crippen molar-refractivity contribution in [3.8, 4) is 0 Å². The normalized spacial score (nSPS) is 13.2. The Hall–Kier alpha value is -2.13. The topological polar surface area (TPSA) is 90.5 Å². The average Bonchev–Trinajstić information content (AvgIpc) is 2.91. The zero-order chi connectivity index (χ0) is 18.9. The first-order valence-corrected chi connectivity index (χ1v) is 9.56. The van der Waals surface area contributed by atoms with E-state index in [9.17, 15) is 13.2 Å². The van der Waals surface area contributed by atoms with Crippen LogP contribution < -0.4 is 10.5 Å². The van der Waals surface area contributed by atoms with Gasteiger partial charge in [0, 0.05) is 31.3 Å². The number of methoxy groups -OCH3 is 1. The monoisotopic (exact) mass is 396 g/mol. The Morgan fingerprint density at radius 2 is 2.00 bits per heavy atom. The van der Waals surface area contributed by atoms with E-state index in [4.69, 9.17) is 20.8 Å². The second-order valence-electron chi connectivity index (χ2n) is 5.65. The summed E-state index contributed by atoms with van der Waals surface area (Å²) < 4.78 is 39.4. The van der Waals surface area contributed by atoms with Crippen molar-refractivity contribution in [3.63, 3.8) is 0 Å². The van der Waals surface area contributed by atoms with Crippen molar-refractivity contribution >= 4 is 32.7 Å². The minimum absolute atomic E-state index is 0.00488. The van der Waals surface area contributed by atoms with Gasteiger partial charge >= 0.3 is 5.76 Å². The van der Waals surface area contributed by atoms with Crippen LogP contribution in [-0.4, -0.2) is 26.6 Å². The number of benzene rings is 2. The lowest BCUT2D eigenvalue weighted by Gasteiger charge is -2.18. The zero-order valence-corrected chi connectivity index (χ0v) is 15.7. The predicted molar refractivity (Wildman–Crippen MR) is 97.8 cm³/mol. The maximum atomic E-state index is 12.6. The first-order chi connectivity index (χ1) is 12.3. The van der Waals surface area contributed by atoms with Gasteiger partial charge in [-0.3, -0.25) is 4.57 Å². The summed E-state index contributed by atoms with van der Waals surface area (Å²) >= 11 is 6.15. The van der Waals surface area contributed by atoms with E-state index in [1.54, 1.807) is 24.3 Å². The molecule has 3 rings (SSSR count). The minimum Gasteiger partial charge on any atom is -0.408 e. The van der Waals surface area contributed by atoms with Gasteiger partial charge in [0.2, 0.25) is 10.0 Å². The highest BCUT2D eigenvalue weighted by Gasteiger charge is 2.20. The molecule has 1 aromatic heterocycles. The molecule has 26 heavy (non-hydrogen) atoms. The second kappa shape index (κ2) is 7.24. The van der Waals surface area contributed by atoms with Crippen molar-refractivity contribution < 1.29 is 17.6 Å². The van der Waals surface area contributed by atoms with E-state index >= 15 is 0 Å². The summed E-state index contributed by atoms with van der Waals surface area (Å²) in [5, 5.41) is 0.494. The number of fused-ring (bicyclic) bond motifs is 1. The van der Waals surface area contributed by atoms with E-state index in [-0.39, 0.29) is 11.4 Å². The highest BCUT2D eigenvalue weighted by atomic mass is 35.5. The molecule has 9 heteroatoms. The number of nitrogens with zero attached hydrogens (tertiary/aromatic N) is 1. The van der Waals surface area contributed by atoms with Crippen LogP contribution in [-0.2, 0) is 21.8 Å². The average molecular weight is 397 g/mol. The third-order valence-electron chi connectivity index (χ3n) is 4.07. The molecular formula is C17H17ClN2O5S. The fraction of sp³-hybridized carbons (Fsp3) is 0.235. The van der Waals surface area contributed by atoms with Crippen LogP contribution in [0.2, 0.25) is 5.02 Å². The van der Waals surface area contributed by atoms with Gasteiger partial charge in [-0.25, -0.2) is 17.9 Å². The quantitative estimate of drug-likeness (QED) is 0.691. The van der Waals surface area contributed by atoms with Crippen LogP contribution >= 0.6 is 11.6 Å². The van der Waals surface area contributed by atoms with Crippen molar-refractivity contribution in [1.82, 2.24) is 9.29 Å². The fourth-order valence-corrected chi connectivity index (χ4v) is 3.91. The van der Waals surface area contributed by atoms with E-state index < -0.39 is 21.9 Å². The molecule has 0 amide bonds. The lowest BCUT2D eigenvalue weighted by Crippen LogP contribution is -2.29. The molecule has 3 aromatic rings. The zero-order valence-electron chi connectivity index (χ0n) is 14.1. The summed E-state index contributed by atoms with van der Waals surface area (Å²) in [6, 6.07) is 11.3. The largest absolute Gasteiger partial charge is 0.419 e. The molecule has 7 nitrogen and oxygen atoms in total. The SMILES string of the molecule is COC(CNS(=O)(=O)c1ccc2oc(=O)n(C)c2c1)c1ccccc1Cl. The third-order valence-corrected chi connectivity index (χ3v) is 5.83. The van der Waals surface area contributed by atoms with Gasteiger partial charge in [-0.1, -0.05) is 29.8 Å². The number of halogens is 1. The van der Waals surface area contributed by atoms with Crippen LogP contribution in [0.3, 0.4) is 0 Å². The van der Waals surface area contributed by atoms with Crippen molar-refractivity contribution in [2.75, 3.05) is 13.7 Å². The van der Waals surface area contributed by atoms with Crippen LogP contribution in [0.15, 0.2) is 56.6 Å².